The average Bonchev–Trinajstić information content (AvgIpc) is 2.15. The standard InChI is InChI=1S/C9H9NO3.Ba.2H/c11-8(12)6-10-9(13)7-4-2-1-3-5-7;;;/h1-5H,6H2,(H,10,13)(H,11,12);;;. The number of aliphatic carboxylic acids is 1. The van der Waals surface area contributed by atoms with Gasteiger partial charge in [-0.1, -0.05) is 18.2 Å². The topological polar surface area (TPSA) is 66.4 Å². The van der Waals surface area contributed by atoms with Crippen molar-refractivity contribution in [1.29, 1.82) is 0 Å². The van der Waals surface area contributed by atoms with Crippen molar-refractivity contribution >= 4 is 60.8 Å². The summed E-state index contributed by atoms with van der Waals surface area (Å²) in [6.45, 7) is -0.353. The monoisotopic (exact) mass is 319 g/mol. The van der Waals surface area contributed by atoms with Gasteiger partial charge >= 0.3 is 54.9 Å². The Morgan fingerprint density at radius 1 is 1.21 bits per heavy atom. The number of carboxylic acids is 1. The van der Waals surface area contributed by atoms with Crippen molar-refractivity contribution < 1.29 is 14.7 Å². The molecule has 0 aromatic heterocycles. The van der Waals surface area contributed by atoms with Gasteiger partial charge in [-0.2, -0.15) is 0 Å². The molecule has 0 fully saturated rings. The number of amides is 1. The number of carbonyl (C=O) groups excluding carboxylic acids is 1. The van der Waals surface area contributed by atoms with Crippen molar-refractivity contribution in [3.63, 3.8) is 0 Å². The van der Waals surface area contributed by atoms with Crippen LogP contribution in [-0.2, 0) is 4.79 Å². The molecule has 72 valence electrons. The molecule has 0 aliphatic rings. The van der Waals surface area contributed by atoms with Crippen molar-refractivity contribution in [2.24, 2.45) is 0 Å². The molecule has 14 heavy (non-hydrogen) atoms. The van der Waals surface area contributed by atoms with Crippen LogP contribution in [0.25, 0.3) is 0 Å². The van der Waals surface area contributed by atoms with Gasteiger partial charge in [-0.3, -0.25) is 9.59 Å². The molecule has 0 aliphatic heterocycles. The van der Waals surface area contributed by atoms with Gasteiger partial charge in [-0.15, -0.1) is 0 Å². The molecule has 0 unspecified atom stereocenters. The zero-order valence-corrected chi connectivity index (χ0v) is 6.86. The summed E-state index contributed by atoms with van der Waals surface area (Å²) in [5.41, 5.74) is 0.462. The zero-order chi connectivity index (χ0) is 9.68. The SMILES string of the molecule is O=C(O)CNC(=O)c1ccccc1.[BaH2]. The first-order chi connectivity index (χ1) is 6.20. The third-order valence-corrected chi connectivity index (χ3v) is 1.44. The number of hydrogen-bond donors (Lipinski definition) is 2. The maximum atomic E-state index is 11.2. The fourth-order valence-corrected chi connectivity index (χ4v) is 0.847. The minimum atomic E-state index is -1.05. The van der Waals surface area contributed by atoms with Crippen LogP contribution >= 0.6 is 0 Å². The molecule has 1 aromatic rings. The molecule has 1 rings (SSSR count). The molecule has 2 N–H and O–H groups in total. The Balaban J connectivity index is 0.00000169. The Labute approximate surface area is 122 Å². The summed E-state index contributed by atoms with van der Waals surface area (Å²) in [5.74, 6) is -1.42. The van der Waals surface area contributed by atoms with Crippen molar-refractivity contribution in [3.8, 4) is 0 Å². The number of hydrogen-bond acceptors (Lipinski definition) is 2. The van der Waals surface area contributed by atoms with E-state index in [4.69, 9.17) is 5.11 Å². The van der Waals surface area contributed by atoms with Crippen molar-refractivity contribution in [2.45, 2.75) is 0 Å². The van der Waals surface area contributed by atoms with Crippen LogP contribution in [0.2, 0.25) is 0 Å². The van der Waals surface area contributed by atoms with Gasteiger partial charge in [-0.25, -0.2) is 0 Å². The van der Waals surface area contributed by atoms with E-state index in [1.807, 2.05) is 0 Å². The third-order valence-electron chi connectivity index (χ3n) is 1.44. The predicted octanol–water partition coefficient (Wildman–Crippen LogP) is -0.415. The van der Waals surface area contributed by atoms with Crippen molar-refractivity contribution in [1.82, 2.24) is 5.32 Å². The van der Waals surface area contributed by atoms with E-state index in [1.54, 1.807) is 30.3 Å². The first kappa shape index (κ1) is 13.7. The second kappa shape index (κ2) is 7.08. The normalized spacial score (nSPS) is 8.57. The fraction of sp³-hybridized carbons (Fsp3) is 0.111. The molecule has 0 heterocycles. The Hall–Kier alpha value is -0.269. The van der Waals surface area contributed by atoms with Crippen molar-refractivity contribution in [3.05, 3.63) is 35.9 Å². The maximum absolute atomic E-state index is 11.2. The van der Waals surface area contributed by atoms with E-state index < -0.39 is 5.97 Å². The molecule has 0 aliphatic carbocycles. The zero-order valence-electron chi connectivity index (χ0n) is 6.86. The van der Waals surface area contributed by atoms with Crippen LogP contribution in [0, 0.1) is 0 Å². The Kier molecular flexibility index (Phi) is 6.94. The van der Waals surface area contributed by atoms with Crippen LogP contribution < -0.4 is 5.32 Å². The third kappa shape index (κ3) is 4.83. The van der Waals surface area contributed by atoms with E-state index in [0.717, 1.165) is 0 Å². The summed E-state index contributed by atoms with van der Waals surface area (Å²) in [4.78, 5) is 21.3. The predicted molar refractivity (Wildman–Crippen MR) is 55.0 cm³/mol. The van der Waals surface area contributed by atoms with Crippen LogP contribution in [0.1, 0.15) is 10.4 Å². The first-order valence-electron chi connectivity index (χ1n) is 3.75. The van der Waals surface area contributed by atoms with Gasteiger partial charge in [0.2, 0.25) is 0 Å². The molecule has 0 saturated heterocycles. The van der Waals surface area contributed by atoms with Gasteiger partial charge in [0.25, 0.3) is 5.91 Å². The molecule has 5 heteroatoms. The fourth-order valence-electron chi connectivity index (χ4n) is 0.847. The van der Waals surface area contributed by atoms with Crippen LogP contribution in [0.15, 0.2) is 30.3 Å². The Bertz CT molecular complexity index is 313. The van der Waals surface area contributed by atoms with Crippen LogP contribution in [0.5, 0.6) is 0 Å². The molecule has 1 aromatic carbocycles. The molecule has 4 nitrogen and oxygen atoms in total. The van der Waals surface area contributed by atoms with Crippen LogP contribution in [0.3, 0.4) is 0 Å². The second-order valence-electron chi connectivity index (χ2n) is 2.44. The van der Waals surface area contributed by atoms with E-state index in [9.17, 15) is 9.59 Å². The number of carbonyl (C=O) groups is 2. The minimum absolute atomic E-state index is 0. The van der Waals surface area contributed by atoms with E-state index >= 15 is 0 Å². The van der Waals surface area contributed by atoms with E-state index in [2.05, 4.69) is 5.32 Å². The molecule has 1 amide bonds. The summed E-state index contributed by atoms with van der Waals surface area (Å²) in [6.07, 6.45) is 0. The van der Waals surface area contributed by atoms with Crippen LogP contribution in [-0.4, -0.2) is 72.4 Å². The number of benzene rings is 1. The molecular weight excluding hydrogens is 307 g/mol. The molecular formula is C9H11BaNO3. The first-order valence-corrected chi connectivity index (χ1v) is 3.75. The summed E-state index contributed by atoms with van der Waals surface area (Å²) >= 11 is 0. The van der Waals surface area contributed by atoms with Gasteiger partial charge in [0.05, 0.1) is 0 Å². The molecule has 0 saturated carbocycles. The Morgan fingerprint density at radius 3 is 2.29 bits per heavy atom. The molecule has 0 spiro atoms. The van der Waals surface area contributed by atoms with E-state index in [-0.39, 0.29) is 61.3 Å². The van der Waals surface area contributed by atoms with E-state index in [0.29, 0.717) is 5.56 Å². The van der Waals surface area contributed by atoms with Gasteiger partial charge in [0.15, 0.2) is 0 Å². The second-order valence-corrected chi connectivity index (χ2v) is 2.44. The van der Waals surface area contributed by atoms with Crippen LogP contribution in [0.4, 0.5) is 0 Å². The van der Waals surface area contributed by atoms with Gasteiger partial charge in [0.1, 0.15) is 6.54 Å². The number of carboxylic acid groups (broad SMARTS) is 1. The average molecular weight is 319 g/mol. The summed E-state index contributed by atoms with van der Waals surface area (Å²) < 4.78 is 0. The molecule has 0 bridgehead atoms. The molecule has 0 radical (unpaired) electrons. The van der Waals surface area contributed by atoms with Crippen molar-refractivity contribution in [2.75, 3.05) is 6.54 Å². The van der Waals surface area contributed by atoms with Gasteiger partial charge in [0, 0.05) is 5.56 Å². The van der Waals surface area contributed by atoms with Gasteiger partial charge < -0.3 is 10.4 Å². The van der Waals surface area contributed by atoms with Gasteiger partial charge in [-0.05, 0) is 12.1 Å². The summed E-state index contributed by atoms with van der Waals surface area (Å²) in [5, 5.41) is 10.6. The summed E-state index contributed by atoms with van der Waals surface area (Å²) in [6, 6.07) is 8.47. The quantitative estimate of drug-likeness (QED) is 0.744. The summed E-state index contributed by atoms with van der Waals surface area (Å²) in [7, 11) is 0. The number of nitrogens with one attached hydrogen (secondary N) is 1. The Morgan fingerprint density at radius 2 is 1.79 bits per heavy atom. The molecule has 0 atom stereocenters. The van der Waals surface area contributed by atoms with E-state index in [1.165, 1.54) is 0 Å². The number of rotatable bonds is 3.